The largest absolute Gasteiger partial charge is 0.298 e. The van der Waals surface area contributed by atoms with Crippen molar-refractivity contribution in [2.45, 2.75) is 13.8 Å². The summed E-state index contributed by atoms with van der Waals surface area (Å²) >= 11 is 0. The van der Waals surface area contributed by atoms with E-state index in [1.54, 1.807) is 0 Å². The van der Waals surface area contributed by atoms with Gasteiger partial charge in [-0.15, -0.1) is 0 Å². The summed E-state index contributed by atoms with van der Waals surface area (Å²) in [6.45, 7) is 4.01. The fourth-order valence-corrected chi connectivity index (χ4v) is 2.87. The zero-order chi connectivity index (χ0) is 14.3. The van der Waals surface area contributed by atoms with E-state index in [-0.39, 0.29) is 0 Å². The second-order valence-corrected chi connectivity index (χ2v) is 5.04. The van der Waals surface area contributed by atoms with Crippen molar-refractivity contribution in [3.63, 3.8) is 0 Å². The summed E-state index contributed by atoms with van der Waals surface area (Å²) in [6.07, 6.45) is 1.78. The van der Waals surface area contributed by atoms with Crippen LogP contribution >= 0.6 is 0 Å². The van der Waals surface area contributed by atoms with Gasteiger partial charge >= 0.3 is 0 Å². The van der Waals surface area contributed by atoms with Gasteiger partial charge < -0.3 is 0 Å². The lowest BCUT2D eigenvalue weighted by Gasteiger charge is -2.14. The molecule has 0 unspecified atom stereocenters. The molecule has 0 bridgehead atoms. The Balaban J connectivity index is 2.73. The zero-order valence-corrected chi connectivity index (χ0v) is 11.4. The molecule has 2 nitrogen and oxygen atoms in total. The van der Waals surface area contributed by atoms with Crippen molar-refractivity contribution in [1.82, 2.24) is 0 Å². The van der Waals surface area contributed by atoms with Crippen molar-refractivity contribution < 1.29 is 9.59 Å². The van der Waals surface area contributed by atoms with Crippen molar-refractivity contribution >= 4 is 34.1 Å². The molecule has 20 heavy (non-hydrogen) atoms. The van der Waals surface area contributed by atoms with Gasteiger partial charge in [0.15, 0.2) is 12.6 Å². The molecule has 0 fully saturated rings. The van der Waals surface area contributed by atoms with Crippen molar-refractivity contribution in [3.8, 4) is 0 Å². The van der Waals surface area contributed by atoms with E-state index in [4.69, 9.17) is 0 Å². The maximum absolute atomic E-state index is 11.6. The standard InChI is InChI=1S/C18H14O2/c1-11-7-8-15-16(9-19)13-5-3-4-6-14(13)17(10-20)18(15)12(11)2/h3-10H,1-2H3. The summed E-state index contributed by atoms with van der Waals surface area (Å²) in [4.78, 5) is 23.2. The molecule has 3 aromatic rings. The van der Waals surface area contributed by atoms with Crippen LogP contribution in [0.15, 0.2) is 36.4 Å². The van der Waals surface area contributed by atoms with Gasteiger partial charge in [-0.05, 0) is 46.5 Å². The van der Waals surface area contributed by atoms with Crippen molar-refractivity contribution in [2.24, 2.45) is 0 Å². The Morgan fingerprint density at radius 1 is 0.750 bits per heavy atom. The second kappa shape index (κ2) is 4.57. The second-order valence-electron chi connectivity index (χ2n) is 5.04. The molecule has 98 valence electrons. The molecule has 0 N–H and O–H groups in total. The Bertz CT molecular complexity index is 860. The van der Waals surface area contributed by atoms with E-state index in [2.05, 4.69) is 0 Å². The first kappa shape index (κ1) is 12.5. The van der Waals surface area contributed by atoms with Crippen LogP contribution in [0.1, 0.15) is 31.8 Å². The van der Waals surface area contributed by atoms with Crippen LogP contribution in [-0.2, 0) is 0 Å². The van der Waals surface area contributed by atoms with E-state index in [9.17, 15) is 9.59 Å². The molecule has 0 saturated carbocycles. The van der Waals surface area contributed by atoms with Gasteiger partial charge in [-0.3, -0.25) is 9.59 Å². The topological polar surface area (TPSA) is 34.1 Å². The van der Waals surface area contributed by atoms with Gasteiger partial charge in [-0.1, -0.05) is 36.4 Å². The minimum absolute atomic E-state index is 0.657. The Hall–Kier alpha value is -2.48. The van der Waals surface area contributed by atoms with Crippen LogP contribution in [0.2, 0.25) is 0 Å². The Morgan fingerprint density at radius 2 is 1.35 bits per heavy atom. The molecular weight excluding hydrogens is 248 g/mol. The van der Waals surface area contributed by atoms with Crippen LogP contribution in [0.3, 0.4) is 0 Å². The fraction of sp³-hybridized carbons (Fsp3) is 0.111. The van der Waals surface area contributed by atoms with Crippen molar-refractivity contribution in [3.05, 3.63) is 58.7 Å². The summed E-state index contributed by atoms with van der Waals surface area (Å²) in [5, 5.41) is 3.41. The van der Waals surface area contributed by atoms with Gasteiger partial charge in [0.1, 0.15) is 0 Å². The van der Waals surface area contributed by atoms with Gasteiger partial charge in [0.2, 0.25) is 0 Å². The summed E-state index contributed by atoms with van der Waals surface area (Å²) in [5.74, 6) is 0. The Morgan fingerprint density at radius 3 is 1.95 bits per heavy atom. The van der Waals surface area contributed by atoms with Gasteiger partial charge in [-0.2, -0.15) is 0 Å². The minimum atomic E-state index is 0.657. The third-order valence-electron chi connectivity index (χ3n) is 4.04. The van der Waals surface area contributed by atoms with Crippen LogP contribution in [0.25, 0.3) is 21.5 Å². The number of aryl methyl sites for hydroxylation is 2. The normalized spacial score (nSPS) is 10.9. The Labute approximate surface area is 117 Å². The lowest BCUT2D eigenvalue weighted by atomic mass is 9.89. The molecule has 0 aliphatic heterocycles. The van der Waals surface area contributed by atoms with Crippen LogP contribution < -0.4 is 0 Å². The van der Waals surface area contributed by atoms with E-state index >= 15 is 0 Å². The fourth-order valence-electron chi connectivity index (χ4n) is 2.87. The summed E-state index contributed by atoms with van der Waals surface area (Å²) in [6, 6.07) is 11.5. The molecule has 0 spiro atoms. The number of carbonyl (C=O) groups is 2. The number of hydrogen-bond donors (Lipinski definition) is 0. The van der Waals surface area contributed by atoms with E-state index in [1.807, 2.05) is 50.2 Å². The average Bonchev–Trinajstić information content (AvgIpc) is 2.48. The molecule has 2 heteroatoms. The molecule has 0 amide bonds. The lowest BCUT2D eigenvalue weighted by Crippen LogP contribution is -1.97. The maximum atomic E-state index is 11.6. The number of rotatable bonds is 2. The van der Waals surface area contributed by atoms with E-state index in [1.165, 1.54) is 0 Å². The highest BCUT2D eigenvalue weighted by Crippen LogP contribution is 2.34. The maximum Gasteiger partial charge on any atom is 0.151 e. The highest BCUT2D eigenvalue weighted by molar-refractivity contribution is 6.20. The smallest absolute Gasteiger partial charge is 0.151 e. The quantitative estimate of drug-likeness (QED) is 0.511. The molecular formula is C18H14O2. The first-order valence-corrected chi connectivity index (χ1v) is 6.54. The molecule has 3 rings (SSSR count). The van der Waals surface area contributed by atoms with E-state index < -0.39 is 0 Å². The Kier molecular flexibility index (Phi) is 2.87. The summed E-state index contributed by atoms with van der Waals surface area (Å²) < 4.78 is 0. The van der Waals surface area contributed by atoms with Gasteiger partial charge in [0.25, 0.3) is 0 Å². The van der Waals surface area contributed by atoms with Gasteiger partial charge in [-0.25, -0.2) is 0 Å². The average molecular weight is 262 g/mol. The van der Waals surface area contributed by atoms with Crippen LogP contribution in [0.5, 0.6) is 0 Å². The van der Waals surface area contributed by atoms with Gasteiger partial charge in [0.05, 0.1) is 0 Å². The van der Waals surface area contributed by atoms with E-state index in [0.717, 1.165) is 45.2 Å². The summed E-state index contributed by atoms with van der Waals surface area (Å²) in [5.41, 5.74) is 3.50. The number of fused-ring (bicyclic) bond motifs is 2. The molecule has 3 aromatic carbocycles. The van der Waals surface area contributed by atoms with Crippen LogP contribution in [0.4, 0.5) is 0 Å². The number of hydrogen-bond acceptors (Lipinski definition) is 2. The molecule has 0 radical (unpaired) electrons. The first-order valence-electron chi connectivity index (χ1n) is 6.54. The minimum Gasteiger partial charge on any atom is -0.298 e. The molecule has 0 atom stereocenters. The van der Waals surface area contributed by atoms with Crippen molar-refractivity contribution in [2.75, 3.05) is 0 Å². The van der Waals surface area contributed by atoms with E-state index in [0.29, 0.717) is 11.1 Å². The monoisotopic (exact) mass is 262 g/mol. The first-order chi connectivity index (χ1) is 9.69. The molecule has 0 aliphatic carbocycles. The third-order valence-corrected chi connectivity index (χ3v) is 4.04. The van der Waals surface area contributed by atoms with Crippen molar-refractivity contribution in [1.29, 1.82) is 0 Å². The van der Waals surface area contributed by atoms with Crippen LogP contribution in [-0.4, -0.2) is 12.6 Å². The molecule has 0 saturated heterocycles. The molecule has 0 aromatic heterocycles. The predicted molar refractivity (Wildman–Crippen MR) is 81.7 cm³/mol. The van der Waals surface area contributed by atoms with Gasteiger partial charge in [0, 0.05) is 11.1 Å². The molecule has 0 heterocycles. The summed E-state index contributed by atoms with van der Waals surface area (Å²) in [7, 11) is 0. The molecule has 0 aliphatic rings. The number of benzene rings is 3. The highest BCUT2D eigenvalue weighted by atomic mass is 16.1. The van der Waals surface area contributed by atoms with Crippen LogP contribution in [0, 0.1) is 13.8 Å². The lowest BCUT2D eigenvalue weighted by molar-refractivity contribution is 0.111. The highest BCUT2D eigenvalue weighted by Gasteiger charge is 2.15. The number of carbonyl (C=O) groups excluding carboxylic acids is 2. The zero-order valence-electron chi connectivity index (χ0n) is 11.4. The SMILES string of the molecule is Cc1ccc2c(C=O)c3ccccc3c(C=O)c2c1C. The third kappa shape index (κ3) is 1.58. The predicted octanol–water partition coefficient (Wildman–Crippen LogP) is 4.23. The number of aldehydes is 2.